The fraction of sp³-hybridized carbons (Fsp3) is 0.290. The largest absolute Gasteiger partial charge is 0.478 e. The highest BCUT2D eigenvalue weighted by atomic mass is 31.1. The predicted octanol–water partition coefficient (Wildman–Crippen LogP) is 17.0. The summed E-state index contributed by atoms with van der Waals surface area (Å²) in [4.78, 5) is 164. The van der Waals surface area contributed by atoms with Crippen LogP contribution < -0.4 is 5.32 Å². The van der Waals surface area contributed by atoms with Crippen molar-refractivity contribution in [2.45, 2.75) is 138 Å². The van der Waals surface area contributed by atoms with Crippen molar-refractivity contribution in [2.75, 3.05) is 31.7 Å². The number of benzene rings is 9. The van der Waals surface area contributed by atoms with Gasteiger partial charge in [-0.3, -0.25) is 38.4 Å². The molecule has 8 heterocycles. The van der Waals surface area contributed by atoms with Crippen molar-refractivity contribution in [3.05, 3.63) is 319 Å². The molecule has 0 bridgehead atoms. The molecule has 0 aliphatic carbocycles. The lowest BCUT2D eigenvalue weighted by Gasteiger charge is -2.38. The van der Waals surface area contributed by atoms with Crippen molar-refractivity contribution < 1.29 is 78.0 Å². The maximum absolute atomic E-state index is 14.1. The van der Waals surface area contributed by atoms with Crippen LogP contribution in [0.15, 0.2) is 224 Å². The first-order chi connectivity index (χ1) is 58.8. The van der Waals surface area contributed by atoms with Gasteiger partial charge in [-0.05, 0) is 195 Å². The highest BCUT2D eigenvalue weighted by Gasteiger charge is 2.62. The Kier molecular flexibility index (Phi) is 25.3. The number of aryl methyl sites for hydroxylation is 4. The van der Waals surface area contributed by atoms with Gasteiger partial charge >= 0.3 is 23.9 Å². The summed E-state index contributed by atoms with van der Waals surface area (Å²) in [7, 11) is -4.07. The molecule has 9 aromatic carbocycles. The molecule has 8 unspecified atom stereocenters. The number of carboxylic acids is 4. The molecule has 8 aliphatic heterocycles. The van der Waals surface area contributed by atoms with E-state index in [1.807, 2.05) is 81.7 Å². The number of hydrazine groups is 4. The lowest BCUT2D eigenvalue weighted by Crippen LogP contribution is -2.50. The Labute approximate surface area is 711 Å². The van der Waals surface area contributed by atoms with Gasteiger partial charge in [0.2, 0.25) is 47.3 Å². The van der Waals surface area contributed by atoms with Crippen molar-refractivity contribution in [1.82, 2.24) is 45.4 Å². The molecule has 29 heteroatoms. The SMILES string of the molecule is CN[C@@H](C)c1ccccc1.Cc1ccccc1C1N2C(=O)CCC(=O)N2C(c2ccccc2C)P1CCP1C(c2ccccc2C)N2C(=O)CCC(=O)N2C1c1ccccc1C.O=C(O)c1ccccc1C1N2C(=O)CCC(=O)N2C(c2ccccc2C(=O)O)P1CCP1C(c2ccccc2C(=O)O)N2C(=O)CCC(=O)N2C1c1ccccc1C(=O)O. The molecule has 626 valence electrons. The zero-order chi connectivity index (χ0) is 86.2. The number of fused-ring (bicyclic) bond motifs is 4. The minimum absolute atomic E-state index is 0.0157. The molecule has 9 aromatic rings. The summed E-state index contributed by atoms with van der Waals surface area (Å²) in [6, 6.07) is 68.2. The summed E-state index contributed by atoms with van der Waals surface area (Å²) in [5.74, 6) is -12.6. The molecule has 122 heavy (non-hydrogen) atoms. The number of carbonyl (C=O) groups is 12. The first-order valence-electron chi connectivity index (χ1n) is 40.7. The third-order valence-electron chi connectivity index (χ3n) is 24.3. The third kappa shape index (κ3) is 15.9. The number of amides is 8. The fourth-order valence-corrected chi connectivity index (χ4v) is 34.2. The number of hydrogen-bond donors (Lipinski definition) is 5. The normalized spacial score (nSPS) is 23.8. The van der Waals surface area contributed by atoms with E-state index in [2.05, 4.69) is 113 Å². The molecule has 5 N–H and O–H groups in total. The van der Waals surface area contributed by atoms with Crippen LogP contribution in [0.25, 0.3) is 0 Å². The predicted molar refractivity (Wildman–Crippen MR) is 463 cm³/mol. The molecule has 0 spiro atoms. The van der Waals surface area contributed by atoms with Crippen LogP contribution in [0.2, 0.25) is 0 Å². The Hall–Kier alpha value is -11.7. The Balaban J connectivity index is 0.000000171. The van der Waals surface area contributed by atoms with Gasteiger partial charge in [0.15, 0.2) is 0 Å². The summed E-state index contributed by atoms with van der Waals surface area (Å²) in [6.07, 6.45) is 1.71. The van der Waals surface area contributed by atoms with Gasteiger partial charge in [-0.1, -0.05) is 200 Å². The summed E-state index contributed by atoms with van der Waals surface area (Å²) in [5, 5.41) is 57.2. The van der Waals surface area contributed by atoms with Gasteiger partial charge in [-0.25, -0.2) is 59.2 Å². The molecule has 17 rings (SSSR count). The van der Waals surface area contributed by atoms with E-state index >= 15 is 0 Å². The highest BCUT2D eigenvalue weighted by Crippen LogP contribution is 2.78. The van der Waals surface area contributed by atoms with Crippen LogP contribution in [0.1, 0.15) is 224 Å². The van der Waals surface area contributed by atoms with Crippen molar-refractivity contribution >= 4 is 103 Å². The van der Waals surface area contributed by atoms with Crippen LogP contribution in [0, 0.1) is 27.7 Å². The Morgan fingerprint density at radius 3 is 0.623 bits per heavy atom. The van der Waals surface area contributed by atoms with Crippen LogP contribution in [-0.4, -0.2) is 163 Å². The number of carbonyl (C=O) groups excluding carboxylic acids is 8. The van der Waals surface area contributed by atoms with E-state index < -0.39 is 102 Å². The van der Waals surface area contributed by atoms with Crippen molar-refractivity contribution in [2.24, 2.45) is 0 Å². The van der Waals surface area contributed by atoms with Gasteiger partial charge in [-0.2, -0.15) is 0 Å². The van der Waals surface area contributed by atoms with Gasteiger partial charge < -0.3 is 25.7 Å². The smallest absolute Gasteiger partial charge is 0.336 e. The molecule has 0 saturated carbocycles. The maximum atomic E-state index is 14.1. The van der Waals surface area contributed by atoms with Gasteiger partial charge in [-0.15, -0.1) is 0 Å². The second-order valence-corrected chi connectivity index (χ2v) is 41.1. The lowest BCUT2D eigenvalue weighted by molar-refractivity contribution is -0.171. The first kappa shape index (κ1) is 85.3. The molecule has 9 atom stereocenters. The lowest BCUT2D eigenvalue weighted by atomic mass is 10.1. The van der Waals surface area contributed by atoms with Crippen LogP contribution in [-0.2, 0) is 38.4 Å². The summed E-state index contributed by atoms with van der Waals surface area (Å²) in [6.45, 7) is 10.5. The Morgan fingerprint density at radius 1 is 0.279 bits per heavy atom. The fourth-order valence-electron chi connectivity index (χ4n) is 18.4. The first-order valence-corrected chi connectivity index (χ1v) is 47.3. The van der Waals surface area contributed by atoms with E-state index in [1.54, 1.807) is 48.5 Å². The molecule has 8 aliphatic rings. The van der Waals surface area contributed by atoms with Crippen LogP contribution in [0.5, 0.6) is 0 Å². The van der Waals surface area contributed by atoms with Crippen molar-refractivity contribution in [3.8, 4) is 0 Å². The average Bonchev–Trinajstić information content (AvgIpc) is 1.57. The summed E-state index contributed by atoms with van der Waals surface area (Å²) in [5.41, 5.74) is 10.3. The van der Waals surface area contributed by atoms with Gasteiger partial charge in [0.1, 0.15) is 46.3 Å². The van der Waals surface area contributed by atoms with E-state index in [0.717, 1.165) is 56.8 Å². The molecule has 8 saturated heterocycles. The second kappa shape index (κ2) is 36.2. The number of hydrogen-bond acceptors (Lipinski definition) is 13. The third-order valence-corrected chi connectivity index (χ3v) is 36.9. The number of nitrogens with zero attached hydrogens (tertiary/aromatic N) is 8. The highest BCUT2D eigenvalue weighted by molar-refractivity contribution is 7.63. The van der Waals surface area contributed by atoms with Gasteiger partial charge in [0, 0.05) is 57.4 Å². The zero-order valence-electron chi connectivity index (χ0n) is 68.1. The molecular weight excluding hydrogens is 1620 g/mol. The molecule has 0 radical (unpaired) electrons. The van der Waals surface area contributed by atoms with Crippen LogP contribution in [0.3, 0.4) is 0 Å². The van der Waals surface area contributed by atoms with E-state index in [-0.39, 0.29) is 155 Å². The standard InChI is InChI=1S/C42H36N4O12P2.C42H44N4O4P2.C9H13N/c47-31-17-18-32(48)44-36(24-10-2-6-14-28(24)40(53)54)59(35(43(31)44)23-9-1-5-13-27(23)39(51)52)21-22-60-37(25-11-3-7-15-29(25)41(55)56)45-33(49)19-20-34(50)46(45)38(60)26-12-4-8-16-30(26)42(57)58;1-27-13-5-9-17-31(27)39-43-35(47)21-22-36(48)44(43)40(32-18-10-6-14-28(32)2)51(39)25-26-52-41(33-19-11-7-15-29(33)3)45-37(49)23-24-38(50)46(45)42(52)34-20-12-8-16-30(34)4;1-8(10-2)9-6-4-3-5-7-9/h1-16,35-38H,17-22H2,(H,51,52)(H,53,54)(H,55,56)(H,57,58);5-20,39-42H,21-26H2,1-4H3;3-8,10H,1-2H3/t;;8-/m..0/s1. The Morgan fingerprint density at radius 2 is 0.443 bits per heavy atom. The molecule has 8 fully saturated rings. The summed E-state index contributed by atoms with van der Waals surface area (Å²) >= 11 is 0. The average molecular weight is 1720 g/mol. The quantitative estimate of drug-likeness (QED) is 0.0443. The molecule has 8 amide bonds. The maximum Gasteiger partial charge on any atom is 0.336 e. The van der Waals surface area contributed by atoms with Gasteiger partial charge in [0.05, 0.1) is 22.3 Å². The molecule has 0 aromatic heterocycles. The number of nitrogens with one attached hydrogen (secondary N) is 1. The van der Waals surface area contributed by atoms with Gasteiger partial charge in [0.25, 0.3) is 0 Å². The summed E-state index contributed by atoms with van der Waals surface area (Å²) < 4.78 is 0. The second-order valence-electron chi connectivity index (χ2n) is 31.3. The molecular formula is C93H93N9O16P4. The number of carboxylic acid groups (broad SMARTS) is 4. The molecule has 25 nitrogen and oxygen atoms in total. The van der Waals surface area contributed by atoms with Crippen molar-refractivity contribution in [3.63, 3.8) is 0 Å². The monoisotopic (exact) mass is 1720 g/mol. The van der Waals surface area contributed by atoms with Crippen molar-refractivity contribution in [1.29, 1.82) is 0 Å². The Bertz CT molecular complexity index is 5040. The minimum atomic E-state index is -1.93. The van der Waals surface area contributed by atoms with Crippen LogP contribution in [0.4, 0.5) is 0 Å². The zero-order valence-corrected chi connectivity index (χ0v) is 71.7. The van der Waals surface area contributed by atoms with E-state index in [0.29, 0.717) is 6.04 Å². The number of rotatable bonds is 20. The number of aromatic carboxylic acids is 4. The van der Waals surface area contributed by atoms with E-state index in [9.17, 15) is 78.0 Å². The van der Waals surface area contributed by atoms with E-state index in [1.165, 1.54) is 74.1 Å². The van der Waals surface area contributed by atoms with E-state index in [4.69, 9.17) is 0 Å². The topological polar surface area (TPSA) is 324 Å². The minimum Gasteiger partial charge on any atom is -0.478 e. The van der Waals surface area contributed by atoms with Crippen LogP contribution >= 0.6 is 31.7 Å².